The predicted octanol–water partition coefficient (Wildman–Crippen LogP) is 6.25. The molecule has 22 heteroatoms. The van der Waals surface area contributed by atoms with Gasteiger partial charge in [-0.2, -0.15) is 33.7 Å². The lowest BCUT2D eigenvalue weighted by molar-refractivity contribution is 0.472. The van der Waals surface area contributed by atoms with Crippen molar-refractivity contribution < 1.29 is 57.0 Å². The predicted molar refractivity (Wildman–Crippen MR) is 186 cm³/mol. The second-order valence-electron chi connectivity index (χ2n) is 10.9. The molecule has 0 fully saturated rings. The van der Waals surface area contributed by atoms with E-state index in [2.05, 4.69) is 20.5 Å². The number of nitrogens with two attached hydrogens (primary N) is 1. The lowest BCUT2D eigenvalue weighted by Crippen LogP contribution is -2.03. The average Bonchev–Trinajstić information content (AvgIpc) is 3.04. The third kappa shape index (κ3) is 6.91. The molecule has 0 atom stereocenters. The summed E-state index contributed by atoms with van der Waals surface area (Å²) in [7, 11) is -20.2. The Morgan fingerprint density at radius 2 is 1.02 bits per heavy atom. The maximum atomic E-state index is 12.5. The van der Waals surface area contributed by atoms with Crippen LogP contribution in [0.15, 0.2) is 125 Å². The van der Waals surface area contributed by atoms with E-state index in [4.69, 9.17) is 5.73 Å². The van der Waals surface area contributed by atoms with Crippen LogP contribution in [0.3, 0.4) is 0 Å². The summed E-state index contributed by atoms with van der Waals surface area (Å²) in [5.41, 5.74) is 3.75. The first kappa shape index (κ1) is 36.3. The Hall–Kier alpha value is -5.46. The maximum Gasteiger partial charge on any atom is 0.296 e. The fourth-order valence-electron chi connectivity index (χ4n) is 5.30. The molecule has 0 amide bonds. The highest BCUT2D eigenvalue weighted by Crippen LogP contribution is 2.48. The van der Waals surface area contributed by atoms with E-state index in [9.17, 15) is 57.0 Å². The molecule has 0 aromatic heterocycles. The molecule has 7 N–H and O–H groups in total. The van der Waals surface area contributed by atoms with Gasteiger partial charge < -0.3 is 10.8 Å². The molecule has 0 unspecified atom stereocenters. The number of nitrogen functional groups attached to an aromatic ring is 1. The van der Waals surface area contributed by atoms with Crippen molar-refractivity contribution in [2.75, 3.05) is 5.73 Å². The number of phenols is 1. The number of rotatable bonds is 8. The molecule has 6 aromatic carbocycles. The molecule has 0 aliphatic rings. The maximum absolute atomic E-state index is 12.5. The van der Waals surface area contributed by atoms with Gasteiger partial charge >= 0.3 is 0 Å². The van der Waals surface area contributed by atoms with Crippen LogP contribution in [0.2, 0.25) is 0 Å². The van der Waals surface area contributed by atoms with Crippen LogP contribution < -0.4 is 5.73 Å². The molecule has 6 aromatic rings. The molecule has 52 heavy (non-hydrogen) atoms. The number of hydrogen-bond donors (Lipinski definition) is 6. The van der Waals surface area contributed by atoms with Gasteiger partial charge in [0.1, 0.15) is 21.2 Å². The number of anilines is 1. The number of azo groups is 2. The number of aromatic hydroxyl groups is 1. The Balaban J connectivity index is 1.62. The van der Waals surface area contributed by atoms with Crippen molar-refractivity contribution in [3.05, 3.63) is 84.9 Å². The lowest BCUT2D eigenvalue weighted by Gasteiger charge is -2.14. The van der Waals surface area contributed by atoms with Gasteiger partial charge in [-0.05, 0) is 58.6 Å². The quantitative estimate of drug-likeness (QED) is 0.0564. The van der Waals surface area contributed by atoms with Crippen LogP contribution in [-0.2, 0) is 40.5 Å². The van der Waals surface area contributed by atoms with Gasteiger partial charge in [0.15, 0.2) is 5.75 Å². The van der Waals surface area contributed by atoms with Gasteiger partial charge in [-0.3, -0.25) is 18.2 Å². The van der Waals surface area contributed by atoms with Crippen LogP contribution in [0.4, 0.5) is 28.4 Å². The summed E-state index contributed by atoms with van der Waals surface area (Å²) in [6, 6.07) is 17.8. The fraction of sp³-hybridized carbons (Fsp3) is 0. The number of benzene rings is 6. The second-order valence-corrected chi connectivity index (χ2v) is 16.6. The summed E-state index contributed by atoms with van der Waals surface area (Å²) in [6.07, 6.45) is 0. The first-order chi connectivity index (χ1) is 24.1. The van der Waals surface area contributed by atoms with Gasteiger partial charge in [0.2, 0.25) is 0 Å². The molecular formula is C30H21N5O13S4. The highest BCUT2D eigenvalue weighted by molar-refractivity contribution is 7.86. The zero-order valence-corrected chi connectivity index (χ0v) is 28.9. The van der Waals surface area contributed by atoms with Gasteiger partial charge in [-0.15, -0.1) is 20.5 Å². The number of phenolic OH excluding ortho intramolecular Hbond substituents is 1. The molecule has 0 heterocycles. The Labute approximate surface area is 293 Å². The zero-order valence-electron chi connectivity index (χ0n) is 25.6. The molecule has 18 nitrogen and oxygen atoms in total. The third-order valence-corrected chi connectivity index (χ3v) is 11.0. The van der Waals surface area contributed by atoms with E-state index in [0.29, 0.717) is 17.5 Å². The molecule has 0 radical (unpaired) electrons. The number of nitrogens with zero attached hydrogens (tertiary/aromatic N) is 4. The SMILES string of the molecule is Nc1c(N=Nc2cccc3ccccc23)c(S(=O)(=O)O)cc2cc(S(=O)(=O)O)c(N=Nc3cc(S(=O)(=O)O)cc4cc(S(=O)(=O)O)ccc34)c(O)c12. The largest absolute Gasteiger partial charge is 0.505 e. The van der Waals surface area contributed by atoms with Crippen LogP contribution in [-0.4, -0.2) is 57.0 Å². The summed E-state index contributed by atoms with van der Waals surface area (Å²) in [4.78, 5) is -3.60. The molecule has 6 rings (SSSR count). The van der Waals surface area contributed by atoms with Crippen LogP contribution in [0.25, 0.3) is 32.3 Å². The van der Waals surface area contributed by atoms with Gasteiger partial charge in [0.05, 0.1) is 32.2 Å². The summed E-state index contributed by atoms with van der Waals surface area (Å²) in [5, 5.41) is 27.1. The first-order valence-electron chi connectivity index (χ1n) is 14.1. The van der Waals surface area contributed by atoms with E-state index in [1.54, 1.807) is 42.5 Å². The molecule has 0 spiro atoms. The average molecular weight is 788 g/mol. The van der Waals surface area contributed by atoms with Crippen molar-refractivity contribution in [1.29, 1.82) is 0 Å². The summed E-state index contributed by atoms with van der Waals surface area (Å²) in [6.45, 7) is 0. The lowest BCUT2D eigenvalue weighted by atomic mass is 10.0. The van der Waals surface area contributed by atoms with E-state index in [0.717, 1.165) is 35.7 Å². The van der Waals surface area contributed by atoms with Crippen molar-refractivity contribution >= 4 is 101 Å². The molecule has 0 bridgehead atoms. The molecule has 268 valence electrons. The fourth-order valence-corrected chi connectivity index (χ4v) is 7.68. The van der Waals surface area contributed by atoms with Gasteiger partial charge in [-0.1, -0.05) is 42.5 Å². The van der Waals surface area contributed by atoms with Gasteiger partial charge in [0, 0.05) is 10.8 Å². The van der Waals surface area contributed by atoms with Gasteiger partial charge in [0.25, 0.3) is 40.5 Å². The van der Waals surface area contributed by atoms with Crippen molar-refractivity contribution in [3.8, 4) is 5.75 Å². The Bertz CT molecular complexity index is 3030. The van der Waals surface area contributed by atoms with E-state index in [1.165, 1.54) is 0 Å². The smallest absolute Gasteiger partial charge is 0.296 e. The molecule has 0 aliphatic carbocycles. The molecule has 0 aliphatic heterocycles. The van der Waals surface area contributed by atoms with E-state index in [-0.39, 0.29) is 16.5 Å². The Kier molecular flexibility index (Phi) is 8.83. The van der Waals surface area contributed by atoms with E-state index in [1.807, 2.05) is 0 Å². The van der Waals surface area contributed by atoms with Crippen LogP contribution in [0.5, 0.6) is 5.75 Å². The Morgan fingerprint density at radius 3 is 1.65 bits per heavy atom. The summed E-state index contributed by atoms with van der Waals surface area (Å²) < 4.78 is 137. The number of hydrogen-bond acceptors (Lipinski definition) is 14. The van der Waals surface area contributed by atoms with E-state index >= 15 is 0 Å². The van der Waals surface area contributed by atoms with Gasteiger partial charge in [-0.25, -0.2) is 0 Å². The molecule has 0 saturated carbocycles. The van der Waals surface area contributed by atoms with Crippen molar-refractivity contribution in [1.82, 2.24) is 0 Å². The van der Waals surface area contributed by atoms with Crippen LogP contribution in [0, 0.1) is 0 Å². The minimum Gasteiger partial charge on any atom is -0.505 e. The second kappa shape index (κ2) is 12.6. The van der Waals surface area contributed by atoms with Crippen LogP contribution in [0.1, 0.15) is 0 Å². The zero-order chi connectivity index (χ0) is 38.0. The van der Waals surface area contributed by atoms with Crippen molar-refractivity contribution in [3.63, 3.8) is 0 Å². The highest BCUT2D eigenvalue weighted by atomic mass is 32.2. The van der Waals surface area contributed by atoms with Crippen molar-refractivity contribution in [2.45, 2.75) is 19.6 Å². The minimum atomic E-state index is -5.32. The standard InChI is InChI=1S/C30H21N5O13S4/c31-27-26-17(12-24(51(43,44)45)28(27)34-32-22-7-3-5-15-4-1-2-6-20(15)22)13-25(52(46,47)48)29(30(26)36)35-33-23-14-19(50(40,41)42)11-16-10-18(49(37,38)39)8-9-21(16)23/h1-14,36H,31H2,(H,37,38,39)(H,40,41,42)(H,43,44,45)(H,46,47,48). The summed E-state index contributed by atoms with van der Waals surface area (Å²) >= 11 is 0. The normalized spacial score (nSPS) is 13.2. The van der Waals surface area contributed by atoms with Crippen molar-refractivity contribution in [2.24, 2.45) is 20.5 Å². The molecule has 0 saturated heterocycles. The van der Waals surface area contributed by atoms with E-state index < -0.39 is 99.3 Å². The van der Waals surface area contributed by atoms with Crippen LogP contribution >= 0.6 is 0 Å². The summed E-state index contributed by atoms with van der Waals surface area (Å²) in [5.74, 6) is -1.11. The minimum absolute atomic E-state index is 0.0503. The monoisotopic (exact) mass is 787 g/mol. The third-order valence-electron chi connectivity index (χ3n) is 7.62. The highest BCUT2D eigenvalue weighted by Gasteiger charge is 2.28. The number of fused-ring (bicyclic) bond motifs is 3. The first-order valence-corrected chi connectivity index (χ1v) is 19.8. The molecular weight excluding hydrogens is 767 g/mol. The Morgan fingerprint density at radius 1 is 0.481 bits per heavy atom. The topological polar surface area (TPSA) is 313 Å².